The first kappa shape index (κ1) is 16.1. The van der Waals surface area contributed by atoms with Crippen LogP contribution in [0.15, 0.2) is 24.3 Å². The molecular formula is C17H27NO3. The second-order valence-corrected chi connectivity index (χ2v) is 5.71. The van der Waals surface area contributed by atoms with Gasteiger partial charge in [0.25, 0.3) is 0 Å². The third-order valence-corrected chi connectivity index (χ3v) is 4.09. The molecule has 1 aliphatic rings. The number of likely N-dealkylation sites (N-methyl/N-ethyl adjacent to an activating group) is 1. The lowest BCUT2D eigenvalue weighted by Gasteiger charge is -2.40. The van der Waals surface area contributed by atoms with E-state index in [9.17, 15) is 5.11 Å². The second-order valence-electron chi connectivity index (χ2n) is 5.71. The van der Waals surface area contributed by atoms with Crippen molar-refractivity contribution in [2.75, 3.05) is 19.8 Å². The molecule has 2 N–H and O–H groups in total. The molecule has 1 aromatic rings. The summed E-state index contributed by atoms with van der Waals surface area (Å²) in [5.74, 6) is 1.74. The third-order valence-electron chi connectivity index (χ3n) is 4.09. The van der Waals surface area contributed by atoms with Crippen molar-refractivity contribution in [3.05, 3.63) is 24.3 Å². The summed E-state index contributed by atoms with van der Waals surface area (Å²) in [5, 5.41) is 13.2. The molecule has 0 amide bonds. The number of aliphatic hydroxyl groups excluding tert-OH is 1. The molecule has 0 radical (unpaired) electrons. The van der Waals surface area contributed by atoms with Gasteiger partial charge in [-0.3, -0.25) is 0 Å². The summed E-state index contributed by atoms with van der Waals surface area (Å²) in [6.45, 7) is 5.76. The van der Waals surface area contributed by atoms with Gasteiger partial charge in [0.05, 0.1) is 13.2 Å². The quantitative estimate of drug-likeness (QED) is 0.811. The smallest absolute Gasteiger partial charge is 0.119 e. The molecule has 21 heavy (non-hydrogen) atoms. The van der Waals surface area contributed by atoms with Gasteiger partial charge in [-0.15, -0.1) is 0 Å². The molecule has 1 fully saturated rings. The van der Waals surface area contributed by atoms with Crippen LogP contribution in [0, 0.1) is 0 Å². The van der Waals surface area contributed by atoms with E-state index in [0.29, 0.717) is 6.61 Å². The van der Waals surface area contributed by atoms with Gasteiger partial charge in [-0.05, 0) is 57.0 Å². The van der Waals surface area contributed by atoms with Crippen LogP contribution in [0.4, 0.5) is 0 Å². The molecule has 0 spiro atoms. The lowest BCUT2D eigenvalue weighted by atomic mass is 9.80. The molecule has 0 heterocycles. The van der Waals surface area contributed by atoms with E-state index in [1.807, 2.05) is 31.2 Å². The minimum absolute atomic E-state index is 0.155. The lowest BCUT2D eigenvalue weighted by Crippen LogP contribution is -2.53. The number of rotatable bonds is 7. The Hall–Kier alpha value is -1.26. The van der Waals surface area contributed by atoms with Crippen LogP contribution in [0.5, 0.6) is 11.5 Å². The van der Waals surface area contributed by atoms with Crippen LogP contribution in [0.25, 0.3) is 0 Å². The van der Waals surface area contributed by atoms with Crippen molar-refractivity contribution in [1.82, 2.24) is 5.32 Å². The van der Waals surface area contributed by atoms with Crippen molar-refractivity contribution in [2.24, 2.45) is 0 Å². The van der Waals surface area contributed by atoms with Gasteiger partial charge in [0.2, 0.25) is 0 Å². The van der Waals surface area contributed by atoms with Crippen molar-refractivity contribution >= 4 is 0 Å². The Balaban J connectivity index is 1.95. The van der Waals surface area contributed by atoms with Crippen LogP contribution >= 0.6 is 0 Å². The van der Waals surface area contributed by atoms with Gasteiger partial charge >= 0.3 is 0 Å². The highest BCUT2D eigenvalue weighted by Gasteiger charge is 2.36. The van der Waals surface area contributed by atoms with E-state index >= 15 is 0 Å². The predicted octanol–water partition coefficient (Wildman–Crippen LogP) is 2.75. The van der Waals surface area contributed by atoms with Crippen molar-refractivity contribution in [2.45, 2.75) is 51.2 Å². The molecule has 0 aliphatic heterocycles. The maximum absolute atomic E-state index is 9.72. The van der Waals surface area contributed by atoms with Crippen LogP contribution in [0.2, 0.25) is 0 Å². The zero-order valence-electron chi connectivity index (χ0n) is 13.1. The van der Waals surface area contributed by atoms with Crippen molar-refractivity contribution in [1.29, 1.82) is 0 Å². The van der Waals surface area contributed by atoms with Gasteiger partial charge in [0, 0.05) is 12.0 Å². The molecule has 0 aromatic heterocycles. The number of nitrogens with one attached hydrogen (secondary N) is 1. The van der Waals surface area contributed by atoms with Crippen molar-refractivity contribution < 1.29 is 14.6 Å². The topological polar surface area (TPSA) is 50.7 Å². The van der Waals surface area contributed by atoms with Crippen molar-refractivity contribution in [3.8, 4) is 11.5 Å². The zero-order chi connectivity index (χ0) is 15.1. The Kier molecular flexibility index (Phi) is 5.88. The van der Waals surface area contributed by atoms with Crippen LogP contribution in [0.3, 0.4) is 0 Å². The maximum Gasteiger partial charge on any atom is 0.119 e. The second kappa shape index (κ2) is 7.66. The number of hydrogen-bond acceptors (Lipinski definition) is 4. The molecule has 0 saturated heterocycles. The largest absolute Gasteiger partial charge is 0.494 e. The highest BCUT2D eigenvalue weighted by molar-refractivity contribution is 5.31. The average Bonchev–Trinajstić information content (AvgIpc) is 2.50. The summed E-state index contributed by atoms with van der Waals surface area (Å²) in [6.07, 6.45) is 4.14. The fraction of sp³-hybridized carbons (Fsp3) is 0.647. The highest BCUT2D eigenvalue weighted by atomic mass is 16.5. The van der Waals surface area contributed by atoms with E-state index in [-0.39, 0.29) is 18.2 Å². The van der Waals surface area contributed by atoms with Gasteiger partial charge in [0.1, 0.15) is 17.6 Å². The Morgan fingerprint density at radius 1 is 1.24 bits per heavy atom. The van der Waals surface area contributed by atoms with Gasteiger partial charge in [0.15, 0.2) is 0 Å². The van der Waals surface area contributed by atoms with E-state index in [2.05, 4.69) is 12.2 Å². The average molecular weight is 293 g/mol. The molecule has 4 heteroatoms. The summed E-state index contributed by atoms with van der Waals surface area (Å²) < 4.78 is 11.5. The molecule has 2 unspecified atom stereocenters. The van der Waals surface area contributed by atoms with Crippen LogP contribution in [0.1, 0.15) is 39.5 Å². The predicted molar refractivity (Wildman–Crippen MR) is 84.0 cm³/mol. The minimum atomic E-state index is -0.178. The molecule has 0 bridgehead atoms. The minimum Gasteiger partial charge on any atom is -0.494 e. The van der Waals surface area contributed by atoms with E-state index in [1.165, 1.54) is 0 Å². The molecule has 4 nitrogen and oxygen atoms in total. The van der Waals surface area contributed by atoms with E-state index in [4.69, 9.17) is 9.47 Å². The fourth-order valence-corrected chi connectivity index (χ4v) is 3.12. The Labute approximate surface area is 127 Å². The first-order valence-electron chi connectivity index (χ1n) is 7.97. The Morgan fingerprint density at radius 3 is 2.57 bits per heavy atom. The summed E-state index contributed by atoms with van der Waals surface area (Å²) in [4.78, 5) is 0. The molecule has 1 aliphatic carbocycles. The number of hydrogen-bond donors (Lipinski definition) is 2. The Morgan fingerprint density at radius 2 is 1.95 bits per heavy atom. The monoisotopic (exact) mass is 293 g/mol. The summed E-state index contributed by atoms with van der Waals surface area (Å²) in [6, 6.07) is 7.78. The first-order chi connectivity index (χ1) is 10.2. The molecule has 2 atom stereocenters. The zero-order valence-corrected chi connectivity index (χ0v) is 13.1. The normalized spacial score (nSPS) is 25.6. The van der Waals surface area contributed by atoms with Gasteiger partial charge in [-0.2, -0.15) is 0 Å². The van der Waals surface area contributed by atoms with Crippen LogP contribution < -0.4 is 14.8 Å². The summed E-state index contributed by atoms with van der Waals surface area (Å²) in [5.41, 5.74) is -0.178. The standard InChI is InChI=1S/C17H27NO3/c1-3-18-17(13-19)11-5-6-16(12-17)21-15-9-7-14(8-10-15)20-4-2/h7-10,16,18-19H,3-6,11-13H2,1-2H3. The molecule has 118 valence electrons. The number of ether oxygens (including phenoxy) is 2. The fourth-order valence-electron chi connectivity index (χ4n) is 3.12. The van der Waals surface area contributed by atoms with Gasteiger partial charge < -0.3 is 19.9 Å². The SMILES string of the molecule is CCNC1(CO)CCCC(Oc2ccc(OCC)cc2)C1. The Bertz CT molecular complexity index is 417. The molecule has 1 aromatic carbocycles. The van der Waals surface area contributed by atoms with E-state index in [0.717, 1.165) is 43.7 Å². The summed E-state index contributed by atoms with van der Waals surface area (Å²) in [7, 11) is 0. The number of benzene rings is 1. The van der Waals surface area contributed by atoms with Crippen LogP contribution in [-0.4, -0.2) is 36.5 Å². The first-order valence-corrected chi connectivity index (χ1v) is 7.97. The van der Waals surface area contributed by atoms with E-state index in [1.54, 1.807) is 0 Å². The van der Waals surface area contributed by atoms with E-state index < -0.39 is 0 Å². The van der Waals surface area contributed by atoms with Crippen molar-refractivity contribution in [3.63, 3.8) is 0 Å². The molecule has 1 saturated carbocycles. The lowest BCUT2D eigenvalue weighted by molar-refractivity contribution is 0.0520. The van der Waals surface area contributed by atoms with Gasteiger partial charge in [-0.1, -0.05) is 6.92 Å². The van der Waals surface area contributed by atoms with Gasteiger partial charge in [-0.25, -0.2) is 0 Å². The number of aliphatic hydroxyl groups is 1. The third kappa shape index (κ3) is 4.35. The highest BCUT2D eigenvalue weighted by Crippen LogP contribution is 2.31. The molecular weight excluding hydrogens is 266 g/mol. The van der Waals surface area contributed by atoms with Crippen LogP contribution in [-0.2, 0) is 0 Å². The summed E-state index contributed by atoms with van der Waals surface area (Å²) >= 11 is 0. The molecule has 2 rings (SSSR count). The maximum atomic E-state index is 9.72.